The number of ether oxygens (including phenoxy) is 3. The van der Waals surface area contributed by atoms with E-state index in [0.717, 1.165) is 18.4 Å². The summed E-state index contributed by atoms with van der Waals surface area (Å²) in [5, 5.41) is 2.93. The Kier molecular flexibility index (Phi) is 8.34. The van der Waals surface area contributed by atoms with Crippen molar-refractivity contribution >= 4 is 11.9 Å². The van der Waals surface area contributed by atoms with E-state index in [1.165, 1.54) is 7.11 Å². The fraction of sp³-hybridized carbons (Fsp3) is 0.364. The van der Waals surface area contributed by atoms with Crippen LogP contribution in [0.1, 0.15) is 48.7 Å². The topological polar surface area (TPSA) is 73.9 Å². The van der Waals surface area contributed by atoms with Gasteiger partial charge in [-0.15, -0.1) is 0 Å². The van der Waals surface area contributed by atoms with Gasteiger partial charge in [-0.1, -0.05) is 43.7 Å². The van der Waals surface area contributed by atoms with Crippen LogP contribution < -0.4 is 14.8 Å². The minimum absolute atomic E-state index is 0.108. The van der Waals surface area contributed by atoms with Gasteiger partial charge >= 0.3 is 5.97 Å². The van der Waals surface area contributed by atoms with E-state index < -0.39 is 5.97 Å². The summed E-state index contributed by atoms with van der Waals surface area (Å²) in [6, 6.07) is 14.4. The molecule has 0 saturated heterocycles. The monoisotopic (exact) mass is 385 g/mol. The zero-order valence-electron chi connectivity index (χ0n) is 16.6. The molecule has 1 N–H and O–H groups in total. The van der Waals surface area contributed by atoms with E-state index in [9.17, 15) is 9.59 Å². The van der Waals surface area contributed by atoms with Gasteiger partial charge in [-0.3, -0.25) is 4.79 Å². The van der Waals surface area contributed by atoms with Crippen molar-refractivity contribution in [2.75, 3.05) is 20.3 Å². The molecule has 0 radical (unpaired) electrons. The Balaban J connectivity index is 1.96. The molecule has 6 heteroatoms. The second-order valence-electron chi connectivity index (χ2n) is 6.19. The Morgan fingerprint density at radius 2 is 1.79 bits per heavy atom. The van der Waals surface area contributed by atoms with Crippen LogP contribution in [0, 0.1) is 0 Å². The molecule has 0 bridgehead atoms. The van der Waals surface area contributed by atoms with E-state index in [1.54, 1.807) is 18.2 Å². The van der Waals surface area contributed by atoms with Gasteiger partial charge in [-0.25, -0.2) is 4.79 Å². The van der Waals surface area contributed by atoms with Gasteiger partial charge < -0.3 is 19.5 Å². The third kappa shape index (κ3) is 6.01. The van der Waals surface area contributed by atoms with Gasteiger partial charge in [-0.05, 0) is 37.1 Å². The minimum Gasteiger partial charge on any atom is -0.493 e. The van der Waals surface area contributed by atoms with Crippen molar-refractivity contribution in [2.45, 2.75) is 32.7 Å². The SMILES string of the molecule is CCCC(NC(=O)COC(=O)c1ccc(OC)c(OCC)c1)c1ccccc1. The van der Waals surface area contributed by atoms with Crippen LogP contribution in [0.2, 0.25) is 0 Å². The van der Waals surface area contributed by atoms with E-state index in [-0.39, 0.29) is 18.6 Å². The van der Waals surface area contributed by atoms with Crippen molar-refractivity contribution in [1.82, 2.24) is 5.32 Å². The van der Waals surface area contributed by atoms with Gasteiger partial charge in [-0.2, -0.15) is 0 Å². The van der Waals surface area contributed by atoms with Crippen molar-refractivity contribution in [3.8, 4) is 11.5 Å². The fourth-order valence-electron chi connectivity index (χ4n) is 2.82. The molecule has 1 unspecified atom stereocenters. The van der Waals surface area contributed by atoms with Crippen LogP contribution in [-0.4, -0.2) is 32.2 Å². The summed E-state index contributed by atoms with van der Waals surface area (Å²) in [5.41, 5.74) is 1.32. The van der Waals surface area contributed by atoms with E-state index in [0.29, 0.717) is 23.7 Å². The van der Waals surface area contributed by atoms with Gasteiger partial charge in [0, 0.05) is 0 Å². The largest absolute Gasteiger partial charge is 0.493 e. The Bertz CT molecular complexity index is 776. The lowest BCUT2D eigenvalue weighted by atomic mass is 10.0. The molecular formula is C22H27NO5. The number of benzene rings is 2. The van der Waals surface area contributed by atoms with Gasteiger partial charge in [0.25, 0.3) is 5.91 Å². The third-order valence-corrected chi connectivity index (χ3v) is 4.15. The van der Waals surface area contributed by atoms with Crippen LogP contribution in [0.25, 0.3) is 0 Å². The molecular weight excluding hydrogens is 358 g/mol. The minimum atomic E-state index is -0.592. The standard InChI is InChI=1S/C22H27NO5/c1-4-9-18(16-10-7-6-8-11-16)23-21(24)15-28-22(25)17-12-13-19(26-3)20(14-17)27-5-2/h6-8,10-14,18H,4-5,9,15H2,1-3H3,(H,23,24). The molecule has 1 atom stereocenters. The molecule has 150 valence electrons. The van der Waals surface area contributed by atoms with Crippen molar-refractivity contribution in [3.63, 3.8) is 0 Å². The summed E-state index contributed by atoms with van der Waals surface area (Å²) >= 11 is 0. The first-order chi connectivity index (χ1) is 13.6. The predicted octanol–water partition coefficient (Wildman–Crippen LogP) is 3.91. The number of rotatable bonds is 10. The highest BCUT2D eigenvalue weighted by molar-refractivity contribution is 5.92. The number of methoxy groups -OCH3 is 1. The molecule has 0 aliphatic rings. The summed E-state index contributed by atoms with van der Waals surface area (Å²) in [7, 11) is 1.53. The highest BCUT2D eigenvalue weighted by Gasteiger charge is 2.17. The molecule has 1 amide bonds. The predicted molar refractivity (Wildman–Crippen MR) is 107 cm³/mol. The van der Waals surface area contributed by atoms with Crippen LogP contribution >= 0.6 is 0 Å². The third-order valence-electron chi connectivity index (χ3n) is 4.15. The van der Waals surface area contributed by atoms with Crippen LogP contribution in [0.5, 0.6) is 11.5 Å². The second kappa shape index (κ2) is 11.0. The zero-order chi connectivity index (χ0) is 20.4. The molecule has 6 nitrogen and oxygen atoms in total. The molecule has 0 heterocycles. The van der Waals surface area contributed by atoms with Crippen molar-refractivity contribution < 1.29 is 23.8 Å². The first-order valence-electron chi connectivity index (χ1n) is 9.41. The lowest BCUT2D eigenvalue weighted by molar-refractivity contribution is -0.125. The summed E-state index contributed by atoms with van der Waals surface area (Å²) < 4.78 is 15.8. The molecule has 0 aromatic heterocycles. The number of carbonyl (C=O) groups excluding carboxylic acids is 2. The van der Waals surface area contributed by atoms with Crippen LogP contribution in [0.3, 0.4) is 0 Å². The molecule has 0 fully saturated rings. The molecule has 28 heavy (non-hydrogen) atoms. The quantitative estimate of drug-likeness (QED) is 0.628. The Hall–Kier alpha value is -3.02. The van der Waals surface area contributed by atoms with Gasteiger partial charge in [0.15, 0.2) is 18.1 Å². The first-order valence-corrected chi connectivity index (χ1v) is 9.41. The second-order valence-corrected chi connectivity index (χ2v) is 6.19. The Morgan fingerprint density at radius 3 is 2.43 bits per heavy atom. The highest BCUT2D eigenvalue weighted by Crippen LogP contribution is 2.28. The maximum Gasteiger partial charge on any atom is 0.338 e. The normalized spacial score (nSPS) is 11.4. The summed E-state index contributed by atoms with van der Waals surface area (Å²) in [6.07, 6.45) is 1.73. The number of hydrogen-bond acceptors (Lipinski definition) is 5. The van der Waals surface area contributed by atoms with E-state index in [4.69, 9.17) is 14.2 Å². The van der Waals surface area contributed by atoms with Gasteiger partial charge in [0.2, 0.25) is 0 Å². The van der Waals surface area contributed by atoms with Crippen LogP contribution in [0.15, 0.2) is 48.5 Å². The lowest BCUT2D eigenvalue weighted by Gasteiger charge is -2.18. The van der Waals surface area contributed by atoms with Crippen molar-refractivity contribution in [2.24, 2.45) is 0 Å². The van der Waals surface area contributed by atoms with Gasteiger partial charge in [0.1, 0.15) is 0 Å². The highest BCUT2D eigenvalue weighted by atomic mass is 16.5. The van der Waals surface area contributed by atoms with E-state index in [1.807, 2.05) is 37.3 Å². The zero-order valence-corrected chi connectivity index (χ0v) is 16.6. The number of carbonyl (C=O) groups is 2. The van der Waals surface area contributed by atoms with Crippen LogP contribution in [0.4, 0.5) is 0 Å². The summed E-state index contributed by atoms with van der Waals surface area (Å²) in [6.45, 7) is 3.99. The summed E-state index contributed by atoms with van der Waals surface area (Å²) in [4.78, 5) is 24.6. The Morgan fingerprint density at radius 1 is 1.04 bits per heavy atom. The molecule has 2 rings (SSSR count). The van der Waals surface area contributed by atoms with Crippen LogP contribution in [-0.2, 0) is 9.53 Å². The maximum absolute atomic E-state index is 12.3. The average Bonchev–Trinajstić information content (AvgIpc) is 2.72. The lowest BCUT2D eigenvalue weighted by Crippen LogP contribution is -2.32. The van der Waals surface area contributed by atoms with Crippen molar-refractivity contribution in [1.29, 1.82) is 0 Å². The fourth-order valence-corrected chi connectivity index (χ4v) is 2.82. The smallest absolute Gasteiger partial charge is 0.338 e. The Labute approximate surface area is 165 Å². The molecule has 0 spiro atoms. The first kappa shape index (κ1) is 21.3. The molecule has 0 aliphatic carbocycles. The number of esters is 1. The number of nitrogens with one attached hydrogen (secondary N) is 1. The maximum atomic E-state index is 12.3. The van der Waals surface area contributed by atoms with Crippen molar-refractivity contribution in [3.05, 3.63) is 59.7 Å². The molecule has 0 saturated carbocycles. The molecule has 2 aromatic carbocycles. The number of hydrogen-bond donors (Lipinski definition) is 1. The van der Waals surface area contributed by atoms with E-state index >= 15 is 0 Å². The van der Waals surface area contributed by atoms with E-state index in [2.05, 4.69) is 12.2 Å². The van der Waals surface area contributed by atoms with Gasteiger partial charge in [0.05, 0.1) is 25.3 Å². The molecule has 0 aliphatic heterocycles. The number of amides is 1. The average molecular weight is 385 g/mol. The molecule has 2 aromatic rings. The summed E-state index contributed by atoms with van der Waals surface area (Å²) in [5.74, 6) is 0.0529.